The maximum absolute atomic E-state index is 13.0. The van der Waals surface area contributed by atoms with Crippen LogP contribution in [0, 0.1) is 5.92 Å². The quantitative estimate of drug-likeness (QED) is 0.864. The van der Waals surface area contributed by atoms with Gasteiger partial charge in [-0.1, -0.05) is 15.9 Å². The topological polar surface area (TPSA) is 41.1 Å². The smallest absolute Gasteiger partial charge is 0.352 e. The third-order valence-electron chi connectivity index (χ3n) is 3.48. The highest BCUT2D eigenvalue weighted by Gasteiger charge is 2.35. The maximum atomic E-state index is 13.0. The van der Waals surface area contributed by atoms with E-state index in [1.165, 1.54) is 12.1 Å². The zero-order valence-electron chi connectivity index (χ0n) is 11.3. The van der Waals surface area contributed by atoms with E-state index in [4.69, 9.17) is 0 Å². The van der Waals surface area contributed by atoms with E-state index in [0.29, 0.717) is 11.0 Å². The molecule has 0 aliphatic carbocycles. The molecule has 1 amide bonds. The molecule has 21 heavy (non-hydrogen) atoms. The van der Waals surface area contributed by atoms with Crippen molar-refractivity contribution in [1.29, 1.82) is 0 Å². The van der Waals surface area contributed by atoms with Crippen LogP contribution in [0.2, 0.25) is 0 Å². The summed E-state index contributed by atoms with van der Waals surface area (Å²) in [4.78, 5) is 12.0. The van der Waals surface area contributed by atoms with E-state index in [1.807, 2.05) is 0 Å². The van der Waals surface area contributed by atoms with E-state index in [1.54, 1.807) is 0 Å². The number of alkyl halides is 3. The van der Waals surface area contributed by atoms with Gasteiger partial charge in [-0.2, -0.15) is 13.2 Å². The standard InChI is InChI=1S/C14H16BrF3N2O/c15-10-3-4-11(12(6-10)14(16,17)18)13(21)20-8-9-2-1-5-19-7-9/h3-4,6,9,19H,1-2,5,7-8H2,(H,20,21). The van der Waals surface area contributed by atoms with E-state index >= 15 is 0 Å². The first kappa shape index (κ1) is 16.3. The summed E-state index contributed by atoms with van der Waals surface area (Å²) in [6.07, 6.45) is -2.56. The fourth-order valence-electron chi connectivity index (χ4n) is 2.38. The second-order valence-corrected chi connectivity index (χ2v) is 6.03. The number of hydrogen-bond acceptors (Lipinski definition) is 2. The molecule has 1 saturated heterocycles. The van der Waals surface area contributed by atoms with Gasteiger partial charge in [0.05, 0.1) is 11.1 Å². The molecule has 1 aromatic carbocycles. The van der Waals surface area contributed by atoms with Crippen molar-refractivity contribution in [2.24, 2.45) is 5.92 Å². The van der Waals surface area contributed by atoms with E-state index < -0.39 is 17.6 Å². The molecule has 0 bridgehead atoms. The predicted octanol–water partition coefficient (Wildman–Crippen LogP) is 3.20. The number of halogens is 4. The van der Waals surface area contributed by atoms with Gasteiger partial charge >= 0.3 is 6.18 Å². The van der Waals surface area contributed by atoms with E-state index in [-0.39, 0.29) is 11.5 Å². The van der Waals surface area contributed by atoms with Gasteiger partial charge in [0.25, 0.3) is 5.91 Å². The Labute approximate surface area is 129 Å². The molecule has 7 heteroatoms. The van der Waals surface area contributed by atoms with Crippen molar-refractivity contribution < 1.29 is 18.0 Å². The highest BCUT2D eigenvalue weighted by atomic mass is 79.9. The van der Waals surface area contributed by atoms with E-state index in [2.05, 4.69) is 26.6 Å². The molecular formula is C14H16BrF3N2O. The number of carbonyl (C=O) groups excluding carboxylic acids is 1. The lowest BCUT2D eigenvalue weighted by molar-refractivity contribution is -0.138. The Bertz CT molecular complexity index is 513. The monoisotopic (exact) mass is 364 g/mol. The fourth-order valence-corrected chi connectivity index (χ4v) is 2.74. The molecule has 1 unspecified atom stereocenters. The number of carbonyl (C=O) groups is 1. The minimum absolute atomic E-state index is 0.271. The highest BCUT2D eigenvalue weighted by Crippen LogP contribution is 2.33. The van der Waals surface area contributed by atoms with Gasteiger partial charge in [-0.15, -0.1) is 0 Å². The van der Waals surface area contributed by atoms with Crippen LogP contribution in [-0.4, -0.2) is 25.5 Å². The Balaban J connectivity index is 2.08. The zero-order chi connectivity index (χ0) is 15.5. The van der Waals surface area contributed by atoms with Gasteiger partial charge in [-0.05, 0) is 50.0 Å². The summed E-state index contributed by atoms with van der Waals surface area (Å²) in [5.74, 6) is -0.409. The first-order valence-electron chi connectivity index (χ1n) is 6.73. The van der Waals surface area contributed by atoms with Gasteiger partial charge in [0.1, 0.15) is 0 Å². The number of benzene rings is 1. The predicted molar refractivity (Wildman–Crippen MR) is 77.1 cm³/mol. The molecule has 116 valence electrons. The molecule has 0 spiro atoms. The van der Waals surface area contributed by atoms with Crippen LogP contribution in [0.3, 0.4) is 0 Å². The fraction of sp³-hybridized carbons (Fsp3) is 0.500. The maximum Gasteiger partial charge on any atom is 0.417 e. The molecule has 2 rings (SSSR count). The summed E-state index contributed by atoms with van der Waals surface area (Å²) in [5.41, 5.74) is -1.26. The van der Waals surface area contributed by atoms with Gasteiger partial charge in [0.15, 0.2) is 0 Å². The third-order valence-corrected chi connectivity index (χ3v) is 3.98. The summed E-state index contributed by atoms with van der Waals surface area (Å²) in [7, 11) is 0. The molecule has 0 aromatic heterocycles. The molecule has 0 radical (unpaired) electrons. The lowest BCUT2D eigenvalue weighted by Crippen LogP contribution is -2.38. The molecule has 1 heterocycles. The van der Waals surface area contributed by atoms with Gasteiger partial charge in [0, 0.05) is 11.0 Å². The first-order valence-corrected chi connectivity index (χ1v) is 7.53. The molecular weight excluding hydrogens is 349 g/mol. The largest absolute Gasteiger partial charge is 0.417 e. The van der Waals surface area contributed by atoms with Crippen molar-refractivity contribution in [1.82, 2.24) is 10.6 Å². The van der Waals surface area contributed by atoms with Gasteiger partial charge in [-0.3, -0.25) is 4.79 Å². The lowest BCUT2D eigenvalue weighted by atomic mass is 9.99. The number of piperidine rings is 1. The minimum atomic E-state index is -4.55. The molecule has 2 N–H and O–H groups in total. The van der Waals surface area contributed by atoms with Crippen LogP contribution in [0.4, 0.5) is 13.2 Å². The average molecular weight is 365 g/mol. The minimum Gasteiger partial charge on any atom is -0.352 e. The van der Waals surface area contributed by atoms with Gasteiger partial charge < -0.3 is 10.6 Å². The zero-order valence-corrected chi connectivity index (χ0v) is 12.9. The normalized spacial score (nSPS) is 19.3. The Morgan fingerprint density at radius 3 is 2.81 bits per heavy atom. The van der Waals surface area contributed by atoms with Gasteiger partial charge in [-0.25, -0.2) is 0 Å². The molecule has 1 aliphatic rings. The number of rotatable bonds is 3. The van der Waals surface area contributed by atoms with E-state index in [9.17, 15) is 18.0 Å². The molecule has 1 aromatic rings. The number of hydrogen-bond donors (Lipinski definition) is 2. The third kappa shape index (κ3) is 4.44. The average Bonchev–Trinajstić information content (AvgIpc) is 2.45. The highest BCUT2D eigenvalue weighted by molar-refractivity contribution is 9.10. The summed E-state index contributed by atoms with van der Waals surface area (Å²) in [6, 6.07) is 3.56. The van der Waals surface area contributed by atoms with Crippen molar-refractivity contribution >= 4 is 21.8 Å². The molecule has 1 atom stereocenters. The summed E-state index contributed by atoms with van der Waals surface area (Å²) >= 11 is 3.00. The number of amides is 1. The lowest BCUT2D eigenvalue weighted by Gasteiger charge is -2.23. The second kappa shape index (κ2) is 6.79. The van der Waals surface area contributed by atoms with E-state index in [0.717, 1.165) is 32.0 Å². The molecule has 1 aliphatic heterocycles. The van der Waals surface area contributed by atoms with Crippen LogP contribution in [0.25, 0.3) is 0 Å². The molecule has 1 fully saturated rings. The molecule has 3 nitrogen and oxygen atoms in total. The van der Waals surface area contributed by atoms with Crippen molar-refractivity contribution in [3.63, 3.8) is 0 Å². The van der Waals surface area contributed by atoms with Crippen molar-refractivity contribution in [3.05, 3.63) is 33.8 Å². The summed E-state index contributed by atoms with van der Waals surface area (Å²) in [5, 5.41) is 5.81. The Morgan fingerprint density at radius 1 is 1.43 bits per heavy atom. The second-order valence-electron chi connectivity index (χ2n) is 5.11. The number of nitrogens with one attached hydrogen (secondary N) is 2. The Kier molecular flexibility index (Phi) is 5.27. The summed E-state index contributed by atoms with van der Waals surface area (Å²) < 4.78 is 39.2. The Hall–Kier alpha value is -1.08. The van der Waals surface area contributed by atoms with Crippen molar-refractivity contribution in [2.75, 3.05) is 19.6 Å². The van der Waals surface area contributed by atoms with Crippen LogP contribution in [0.5, 0.6) is 0 Å². The molecule has 0 saturated carbocycles. The summed E-state index contributed by atoms with van der Waals surface area (Å²) in [6.45, 7) is 2.13. The van der Waals surface area contributed by atoms with Gasteiger partial charge in [0.2, 0.25) is 0 Å². The van der Waals surface area contributed by atoms with Crippen molar-refractivity contribution in [2.45, 2.75) is 19.0 Å². The van der Waals surface area contributed by atoms with Crippen LogP contribution >= 0.6 is 15.9 Å². The van der Waals surface area contributed by atoms with Crippen molar-refractivity contribution in [3.8, 4) is 0 Å². The van der Waals surface area contributed by atoms with Crippen LogP contribution in [-0.2, 0) is 6.18 Å². The first-order chi connectivity index (χ1) is 9.88. The van der Waals surface area contributed by atoms with Crippen LogP contribution < -0.4 is 10.6 Å². The Morgan fingerprint density at radius 2 is 2.19 bits per heavy atom. The SMILES string of the molecule is O=C(NCC1CCCNC1)c1ccc(Br)cc1C(F)(F)F. The van der Waals surface area contributed by atoms with Crippen LogP contribution in [0.15, 0.2) is 22.7 Å². The van der Waals surface area contributed by atoms with Crippen LogP contribution in [0.1, 0.15) is 28.8 Å².